The lowest BCUT2D eigenvalue weighted by Gasteiger charge is -2.04. The number of nitrogens with zero attached hydrogens (tertiary/aromatic N) is 4. The van der Waals surface area contributed by atoms with E-state index in [4.69, 9.17) is 5.11 Å². The van der Waals surface area contributed by atoms with Crippen LogP contribution in [0.4, 0.5) is 0 Å². The van der Waals surface area contributed by atoms with E-state index < -0.39 is 5.97 Å². The Bertz CT molecular complexity index is 614. The van der Waals surface area contributed by atoms with Crippen molar-refractivity contribution < 1.29 is 9.90 Å². The Balaban J connectivity index is 2.22. The summed E-state index contributed by atoms with van der Waals surface area (Å²) in [5.74, 6) is -0.417. The van der Waals surface area contributed by atoms with Crippen molar-refractivity contribution in [3.8, 4) is 0 Å². The molecule has 96 valence electrons. The third kappa shape index (κ3) is 2.62. The number of H-pyrrole nitrogens is 1. The minimum Gasteiger partial charge on any atom is -0.481 e. The summed E-state index contributed by atoms with van der Waals surface area (Å²) in [4.78, 5) is 26.2. The number of hydrogen-bond acceptors (Lipinski definition) is 5. The summed E-state index contributed by atoms with van der Waals surface area (Å²) in [7, 11) is 1.82. The van der Waals surface area contributed by atoms with E-state index in [2.05, 4.69) is 15.2 Å². The Morgan fingerprint density at radius 1 is 1.61 bits per heavy atom. The lowest BCUT2D eigenvalue weighted by molar-refractivity contribution is -0.133. The average molecular weight is 269 g/mol. The fourth-order valence-electron chi connectivity index (χ4n) is 1.37. The Morgan fingerprint density at radius 3 is 3.00 bits per heavy atom. The first-order chi connectivity index (χ1) is 8.58. The standard InChI is InChI=1S/C9H11N5O3S/c1-13-3-2-10-6(13)4-14-8(17)11-12-9(14)18-5-7(15)16/h2-3H,4-5H2,1H3,(H,11,17)(H,15,16). The number of aliphatic carboxylic acids is 1. The molecule has 2 rings (SSSR count). The molecule has 0 aliphatic carbocycles. The molecule has 0 atom stereocenters. The highest BCUT2D eigenvalue weighted by molar-refractivity contribution is 7.99. The molecule has 0 amide bonds. The molecular weight excluding hydrogens is 258 g/mol. The summed E-state index contributed by atoms with van der Waals surface area (Å²) in [6.07, 6.45) is 3.40. The van der Waals surface area contributed by atoms with Crippen LogP contribution in [0.2, 0.25) is 0 Å². The Kier molecular flexibility index (Phi) is 3.51. The van der Waals surface area contributed by atoms with Crippen LogP contribution in [0.3, 0.4) is 0 Å². The zero-order chi connectivity index (χ0) is 13.1. The second kappa shape index (κ2) is 5.08. The second-order valence-electron chi connectivity index (χ2n) is 3.53. The van der Waals surface area contributed by atoms with E-state index >= 15 is 0 Å². The molecule has 0 saturated carbocycles. The van der Waals surface area contributed by atoms with Crippen molar-refractivity contribution in [3.05, 3.63) is 28.7 Å². The number of carbonyl (C=O) groups is 1. The number of aromatic nitrogens is 5. The molecule has 0 spiro atoms. The summed E-state index contributed by atoms with van der Waals surface area (Å²) in [6.45, 7) is 0.251. The van der Waals surface area contributed by atoms with Gasteiger partial charge in [0.2, 0.25) is 0 Å². The molecular formula is C9H11N5O3S. The molecule has 0 bridgehead atoms. The second-order valence-corrected chi connectivity index (χ2v) is 4.48. The van der Waals surface area contributed by atoms with Crippen LogP contribution in [0.25, 0.3) is 0 Å². The van der Waals surface area contributed by atoms with Crippen molar-refractivity contribution in [3.63, 3.8) is 0 Å². The van der Waals surface area contributed by atoms with E-state index in [0.29, 0.717) is 11.0 Å². The van der Waals surface area contributed by atoms with E-state index in [1.807, 2.05) is 7.05 Å². The number of carboxylic acid groups (broad SMARTS) is 1. The molecule has 0 aromatic carbocycles. The number of aromatic amines is 1. The third-order valence-corrected chi connectivity index (χ3v) is 3.23. The van der Waals surface area contributed by atoms with E-state index in [-0.39, 0.29) is 18.0 Å². The summed E-state index contributed by atoms with van der Waals surface area (Å²) >= 11 is 0.988. The molecule has 8 nitrogen and oxygen atoms in total. The van der Waals surface area contributed by atoms with E-state index in [9.17, 15) is 9.59 Å². The summed E-state index contributed by atoms with van der Waals surface area (Å²) in [5, 5.41) is 15.0. The van der Waals surface area contributed by atoms with Gasteiger partial charge in [-0.1, -0.05) is 11.8 Å². The fraction of sp³-hybridized carbons (Fsp3) is 0.333. The number of rotatable bonds is 5. The maximum atomic E-state index is 11.6. The van der Waals surface area contributed by atoms with Crippen molar-refractivity contribution in [2.45, 2.75) is 11.7 Å². The largest absolute Gasteiger partial charge is 0.481 e. The van der Waals surface area contributed by atoms with Gasteiger partial charge in [0.15, 0.2) is 5.16 Å². The first-order valence-electron chi connectivity index (χ1n) is 5.04. The predicted octanol–water partition coefficient (Wildman–Crippen LogP) is -0.470. The first kappa shape index (κ1) is 12.4. The van der Waals surface area contributed by atoms with E-state index in [1.165, 1.54) is 4.57 Å². The van der Waals surface area contributed by atoms with Gasteiger partial charge in [-0.3, -0.25) is 9.36 Å². The summed E-state index contributed by atoms with van der Waals surface area (Å²) in [6, 6.07) is 0. The van der Waals surface area contributed by atoms with Crippen molar-refractivity contribution in [1.29, 1.82) is 0 Å². The molecule has 2 N–H and O–H groups in total. The maximum absolute atomic E-state index is 11.6. The van der Waals surface area contributed by atoms with E-state index in [0.717, 1.165) is 11.8 Å². The Hall–Kier alpha value is -2.03. The summed E-state index contributed by atoms with van der Waals surface area (Å²) in [5.41, 5.74) is -0.383. The number of aryl methyl sites for hydroxylation is 1. The van der Waals surface area contributed by atoms with Gasteiger partial charge in [0.25, 0.3) is 0 Å². The van der Waals surface area contributed by atoms with Crippen molar-refractivity contribution in [1.82, 2.24) is 24.3 Å². The first-order valence-corrected chi connectivity index (χ1v) is 6.02. The smallest absolute Gasteiger partial charge is 0.344 e. The van der Waals surface area contributed by atoms with Gasteiger partial charge >= 0.3 is 11.7 Å². The molecule has 2 aromatic rings. The zero-order valence-electron chi connectivity index (χ0n) is 9.53. The molecule has 2 heterocycles. The van der Waals surface area contributed by atoms with Gasteiger partial charge in [-0.05, 0) is 0 Å². The van der Waals surface area contributed by atoms with Crippen LogP contribution in [0.15, 0.2) is 22.3 Å². The minimum absolute atomic E-state index is 0.148. The SMILES string of the molecule is Cn1ccnc1Cn1c(SCC(=O)O)n[nH]c1=O. The topological polar surface area (TPSA) is 106 Å². The molecule has 0 radical (unpaired) electrons. The van der Waals surface area contributed by atoms with Gasteiger partial charge in [0, 0.05) is 19.4 Å². The van der Waals surface area contributed by atoms with Gasteiger partial charge in [-0.15, -0.1) is 5.10 Å². The van der Waals surface area contributed by atoms with Gasteiger partial charge in [0.1, 0.15) is 5.82 Å². The van der Waals surface area contributed by atoms with Crippen LogP contribution in [0.1, 0.15) is 5.82 Å². The van der Waals surface area contributed by atoms with Gasteiger partial charge in [0.05, 0.1) is 12.3 Å². The highest BCUT2D eigenvalue weighted by Gasteiger charge is 2.12. The molecule has 18 heavy (non-hydrogen) atoms. The highest BCUT2D eigenvalue weighted by atomic mass is 32.2. The van der Waals surface area contributed by atoms with Crippen LogP contribution in [-0.4, -0.2) is 41.1 Å². The lowest BCUT2D eigenvalue weighted by Crippen LogP contribution is -2.20. The van der Waals surface area contributed by atoms with Gasteiger partial charge < -0.3 is 9.67 Å². The molecule has 2 aromatic heterocycles. The normalized spacial score (nSPS) is 10.7. The van der Waals surface area contributed by atoms with Crippen LogP contribution >= 0.6 is 11.8 Å². The predicted molar refractivity (Wildman–Crippen MR) is 63.5 cm³/mol. The molecule has 0 unspecified atom stereocenters. The molecule has 0 aliphatic rings. The fourth-order valence-corrected chi connectivity index (χ4v) is 2.04. The van der Waals surface area contributed by atoms with Crippen LogP contribution in [0, 0.1) is 0 Å². The van der Waals surface area contributed by atoms with E-state index in [1.54, 1.807) is 17.0 Å². The lowest BCUT2D eigenvalue weighted by atomic mass is 10.6. The van der Waals surface area contributed by atoms with Crippen LogP contribution in [0.5, 0.6) is 0 Å². The molecule has 9 heteroatoms. The number of carboxylic acids is 1. The van der Waals surface area contributed by atoms with Crippen LogP contribution in [-0.2, 0) is 18.4 Å². The Morgan fingerprint density at radius 2 is 2.39 bits per heavy atom. The molecule has 0 aliphatic heterocycles. The maximum Gasteiger partial charge on any atom is 0.344 e. The number of thioether (sulfide) groups is 1. The molecule has 0 saturated heterocycles. The van der Waals surface area contributed by atoms with Gasteiger partial charge in [-0.25, -0.2) is 14.9 Å². The summed E-state index contributed by atoms with van der Waals surface area (Å²) < 4.78 is 3.14. The van der Waals surface area contributed by atoms with Crippen molar-refractivity contribution >= 4 is 17.7 Å². The third-order valence-electron chi connectivity index (χ3n) is 2.27. The number of nitrogens with one attached hydrogen (secondary N) is 1. The average Bonchev–Trinajstić information content (AvgIpc) is 2.86. The van der Waals surface area contributed by atoms with Gasteiger partial charge in [-0.2, -0.15) is 0 Å². The highest BCUT2D eigenvalue weighted by Crippen LogP contribution is 2.13. The van der Waals surface area contributed by atoms with Crippen LogP contribution < -0.4 is 5.69 Å². The number of hydrogen-bond donors (Lipinski definition) is 2. The number of imidazole rings is 1. The quantitative estimate of drug-likeness (QED) is 0.711. The molecule has 0 fully saturated rings. The Labute approximate surface area is 106 Å². The monoisotopic (exact) mass is 269 g/mol. The van der Waals surface area contributed by atoms with Crippen molar-refractivity contribution in [2.75, 3.05) is 5.75 Å². The minimum atomic E-state index is -0.959. The zero-order valence-corrected chi connectivity index (χ0v) is 10.3. The van der Waals surface area contributed by atoms with Crippen molar-refractivity contribution in [2.24, 2.45) is 7.05 Å².